The molecule has 0 saturated carbocycles. The number of amides is 2. The maximum atomic E-state index is 13.2. The largest absolute Gasteiger partial charge is 0.356 e. The summed E-state index contributed by atoms with van der Waals surface area (Å²) >= 11 is 12.1. The van der Waals surface area contributed by atoms with Crippen molar-refractivity contribution in [3.8, 4) is 0 Å². The van der Waals surface area contributed by atoms with Crippen LogP contribution in [-0.4, -0.2) is 42.4 Å². The molecule has 166 valence electrons. The molecule has 2 atom stereocenters. The van der Waals surface area contributed by atoms with Crippen molar-refractivity contribution in [2.45, 2.75) is 38.6 Å². The first-order valence-electron chi connectivity index (χ1n) is 10.6. The Labute approximate surface area is 193 Å². The van der Waals surface area contributed by atoms with E-state index >= 15 is 0 Å². The zero-order valence-electron chi connectivity index (χ0n) is 17.7. The number of hydrogen-bond donors (Lipinski definition) is 2. The highest BCUT2D eigenvalue weighted by atomic mass is 35.5. The molecular weight excluding hydrogens is 433 g/mol. The molecule has 0 aliphatic carbocycles. The van der Waals surface area contributed by atoms with Gasteiger partial charge in [-0.05, 0) is 55.9 Å². The number of piperidine rings is 1. The number of nitrogens with one attached hydrogen (secondary N) is 1. The van der Waals surface area contributed by atoms with Crippen LogP contribution in [0.3, 0.4) is 0 Å². The second kappa shape index (κ2) is 10.5. The van der Waals surface area contributed by atoms with E-state index in [0.717, 1.165) is 24.0 Å². The van der Waals surface area contributed by atoms with Gasteiger partial charge in [-0.3, -0.25) is 9.59 Å². The maximum absolute atomic E-state index is 13.2. The van der Waals surface area contributed by atoms with Crippen molar-refractivity contribution < 1.29 is 9.59 Å². The van der Waals surface area contributed by atoms with E-state index in [4.69, 9.17) is 28.9 Å². The molecule has 1 heterocycles. The topological polar surface area (TPSA) is 75.4 Å². The maximum Gasteiger partial charge on any atom is 0.239 e. The van der Waals surface area contributed by atoms with E-state index in [1.54, 1.807) is 17.0 Å². The van der Waals surface area contributed by atoms with Crippen molar-refractivity contribution in [2.24, 2.45) is 11.1 Å². The van der Waals surface area contributed by atoms with Crippen LogP contribution in [0.2, 0.25) is 10.0 Å². The highest BCUT2D eigenvalue weighted by Crippen LogP contribution is 2.35. The van der Waals surface area contributed by atoms with Gasteiger partial charge >= 0.3 is 0 Å². The van der Waals surface area contributed by atoms with E-state index in [1.807, 2.05) is 43.3 Å². The summed E-state index contributed by atoms with van der Waals surface area (Å²) in [6, 6.07) is 14.5. The van der Waals surface area contributed by atoms with Gasteiger partial charge in [0.2, 0.25) is 11.8 Å². The molecule has 7 heteroatoms. The number of carbonyl (C=O) groups is 2. The molecule has 1 aliphatic heterocycles. The van der Waals surface area contributed by atoms with Crippen molar-refractivity contribution in [3.63, 3.8) is 0 Å². The molecule has 5 nitrogen and oxygen atoms in total. The number of halogens is 2. The summed E-state index contributed by atoms with van der Waals surface area (Å²) in [4.78, 5) is 28.1. The summed E-state index contributed by atoms with van der Waals surface area (Å²) in [5.41, 5.74) is 7.56. The highest BCUT2D eigenvalue weighted by Gasteiger charge is 2.43. The summed E-state index contributed by atoms with van der Waals surface area (Å²) in [5.74, 6) is -0.151. The van der Waals surface area contributed by atoms with Crippen molar-refractivity contribution >= 4 is 35.0 Å². The van der Waals surface area contributed by atoms with Crippen molar-refractivity contribution in [3.05, 3.63) is 69.7 Å². The predicted molar refractivity (Wildman–Crippen MR) is 125 cm³/mol. The fourth-order valence-electron chi connectivity index (χ4n) is 4.31. The zero-order valence-corrected chi connectivity index (χ0v) is 19.3. The number of nitrogens with two attached hydrogens (primary N) is 1. The molecule has 0 bridgehead atoms. The minimum absolute atomic E-state index is 0.00518. The molecule has 3 N–H and O–H groups in total. The van der Waals surface area contributed by atoms with Gasteiger partial charge in [-0.1, -0.05) is 59.6 Å². The standard InChI is InChI=1S/C24H29Cl2N3O2/c1-2-28-23(31)24(15-17-7-4-3-5-8-17)11-6-12-29(16-24)22(30)21(27)14-18-9-10-19(25)20(26)13-18/h3-5,7-10,13,21H,2,6,11-12,14-16,27H2,1H3,(H,28,31)/t21?,24-/m0/s1. The molecule has 0 radical (unpaired) electrons. The molecule has 2 amide bonds. The predicted octanol–water partition coefficient (Wildman–Crippen LogP) is 3.85. The van der Waals surface area contributed by atoms with Crippen LogP contribution < -0.4 is 11.1 Å². The molecular formula is C24H29Cl2N3O2. The Hall–Kier alpha value is -2.08. The molecule has 1 saturated heterocycles. The second-order valence-electron chi connectivity index (χ2n) is 8.22. The third-order valence-electron chi connectivity index (χ3n) is 5.85. The van der Waals surface area contributed by atoms with Crippen molar-refractivity contribution in [1.29, 1.82) is 0 Å². The fourth-order valence-corrected chi connectivity index (χ4v) is 4.63. The first-order chi connectivity index (χ1) is 14.8. The summed E-state index contributed by atoms with van der Waals surface area (Å²) in [7, 11) is 0. The van der Waals surface area contributed by atoms with Gasteiger partial charge in [-0.15, -0.1) is 0 Å². The molecule has 0 aromatic heterocycles. The van der Waals surface area contributed by atoms with Crippen LogP contribution in [0, 0.1) is 5.41 Å². The molecule has 2 aromatic carbocycles. The van der Waals surface area contributed by atoms with Gasteiger partial charge in [0.25, 0.3) is 0 Å². The molecule has 1 unspecified atom stereocenters. The van der Waals surface area contributed by atoms with Gasteiger partial charge in [0.15, 0.2) is 0 Å². The van der Waals surface area contributed by atoms with Crippen LogP contribution in [0.15, 0.2) is 48.5 Å². The summed E-state index contributed by atoms with van der Waals surface area (Å²) in [6.07, 6.45) is 2.44. The fraction of sp³-hybridized carbons (Fsp3) is 0.417. The van der Waals surface area contributed by atoms with Gasteiger partial charge in [0.05, 0.1) is 21.5 Å². The van der Waals surface area contributed by atoms with E-state index in [0.29, 0.717) is 42.5 Å². The van der Waals surface area contributed by atoms with E-state index in [2.05, 4.69) is 5.32 Å². The van der Waals surface area contributed by atoms with Crippen LogP contribution in [0.1, 0.15) is 30.9 Å². The molecule has 0 spiro atoms. The number of nitrogens with zero attached hydrogens (tertiary/aromatic N) is 1. The molecule has 2 aromatic rings. The van der Waals surface area contributed by atoms with Gasteiger partial charge in [-0.2, -0.15) is 0 Å². The van der Waals surface area contributed by atoms with E-state index in [1.165, 1.54) is 0 Å². The average Bonchev–Trinajstić information content (AvgIpc) is 2.76. The minimum atomic E-state index is -0.709. The van der Waals surface area contributed by atoms with Crippen LogP contribution in [0.25, 0.3) is 0 Å². The quantitative estimate of drug-likeness (QED) is 0.657. The smallest absolute Gasteiger partial charge is 0.239 e. The molecule has 31 heavy (non-hydrogen) atoms. The average molecular weight is 462 g/mol. The van der Waals surface area contributed by atoms with Crippen LogP contribution in [0.5, 0.6) is 0 Å². The van der Waals surface area contributed by atoms with Gasteiger partial charge in [-0.25, -0.2) is 0 Å². The number of benzene rings is 2. The summed E-state index contributed by atoms with van der Waals surface area (Å²) < 4.78 is 0. The van der Waals surface area contributed by atoms with Crippen LogP contribution >= 0.6 is 23.2 Å². The van der Waals surface area contributed by atoms with Gasteiger partial charge in [0.1, 0.15) is 0 Å². The zero-order chi connectivity index (χ0) is 22.4. The Morgan fingerprint density at radius 2 is 1.87 bits per heavy atom. The monoisotopic (exact) mass is 461 g/mol. The van der Waals surface area contributed by atoms with Gasteiger partial charge < -0.3 is 16.0 Å². The summed E-state index contributed by atoms with van der Waals surface area (Å²) in [6.45, 7) is 3.43. The SMILES string of the molecule is CCNC(=O)[C@]1(Cc2ccccc2)CCCN(C(=O)C(N)Cc2ccc(Cl)c(Cl)c2)C1. The van der Waals surface area contributed by atoms with E-state index in [-0.39, 0.29) is 11.8 Å². The first kappa shape index (κ1) is 23.6. The Morgan fingerprint density at radius 3 is 2.55 bits per heavy atom. The number of likely N-dealkylation sites (tertiary alicyclic amines) is 1. The lowest BCUT2D eigenvalue weighted by atomic mass is 9.74. The molecule has 3 rings (SSSR count). The van der Waals surface area contributed by atoms with Crippen LogP contribution in [-0.2, 0) is 22.4 Å². The second-order valence-corrected chi connectivity index (χ2v) is 9.04. The first-order valence-corrected chi connectivity index (χ1v) is 11.4. The van der Waals surface area contributed by atoms with E-state index in [9.17, 15) is 9.59 Å². The van der Waals surface area contributed by atoms with E-state index < -0.39 is 11.5 Å². The molecule has 1 fully saturated rings. The Bertz CT molecular complexity index is 922. The third kappa shape index (κ3) is 5.79. The normalized spacial score (nSPS) is 19.7. The lowest BCUT2D eigenvalue weighted by Crippen LogP contribution is -2.57. The Kier molecular flexibility index (Phi) is 7.98. The number of carbonyl (C=O) groups excluding carboxylic acids is 2. The van der Waals surface area contributed by atoms with Crippen molar-refractivity contribution in [1.82, 2.24) is 10.2 Å². The summed E-state index contributed by atoms with van der Waals surface area (Å²) in [5, 5.41) is 3.89. The van der Waals surface area contributed by atoms with Crippen LogP contribution in [0.4, 0.5) is 0 Å². The lowest BCUT2D eigenvalue weighted by Gasteiger charge is -2.42. The Balaban J connectivity index is 1.76. The number of hydrogen-bond acceptors (Lipinski definition) is 3. The third-order valence-corrected chi connectivity index (χ3v) is 6.59. The highest BCUT2D eigenvalue weighted by molar-refractivity contribution is 6.42. The van der Waals surface area contributed by atoms with Gasteiger partial charge in [0, 0.05) is 19.6 Å². The van der Waals surface area contributed by atoms with Crippen molar-refractivity contribution in [2.75, 3.05) is 19.6 Å². The minimum Gasteiger partial charge on any atom is -0.356 e. The number of rotatable bonds is 7. The lowest BCUT2D eigenvalue weighted by molar-refractivity contribution is -0.142. The molecule has 1 aliphatic rings. The Morgan fingerprint density at radius 1 is 1.13 bits per heavy atom.